The lowest BCUT2D eigenvalue weighted by Gasteiger charge is -2.08. The number of aliphatic imine (C=N–C) groups is 1. The molecule has 6 heteroatoms. The topological polar surface area (TPSA) is 79.5 Å². The summed E-state index contributed by atoms with van der Waals surface area (Å²) in [6, 6.07) is 16.1. The normalized spacial score (nSPS) is 12.8. The minimum Gasteiger partial charge on any atom is -0.370 e. The van der Waals surface area contributed by atoms with Crippen LogP contribution in [0.25, 0.3) is 0 Å². The van der Waals surface area contributed by atoms with E-state index in [-0.39, 0.29) is 29.9 Å². The molecule has 4 N–H and O–H groups in total. The molecule has 0 saturated carbocycles. The van der Waals surface area contributed by atoms with Crippen LogP contribution >= 0.6 is 24.0 Å². The fourth-order valence-corrected chi connectivity index (χ4v) is 3.00. The maximum atomic E-state index is 11.8. The first-order valence-electron chi connectivity index (χ1n) is 8.70. The zero-order valence-electron chi connectivity index (χ0n) is 14.7. The van der Waals surface area contributed by atoms with E-state index in [4.69, 9.17) is 5.73 Å². The molecule has 26 heavy (non-hydrogen) atoms. The van der Waals surface area contributed by atoms with Gasteiger partial charge in [0.2, 0.25) is 5.91 Å². The summed E-state index contributed by atoms with van der Waals surface area (Å²) >= 11 is 0. The highest BCUT2D eigenvalue weighted by atomic mass is 127. The van der Waals surface area contributed by atoms with E-state index in [2.05, 4.69) is 27.8 Å². The van der Waals surface area contributed by atoms with Gasteiger partial charge in [-0.3, -0.25) is 9.79 Å². The van der Waals surface area contributed by atoms with Crippen molar-refractivity contribution in [1.29, 1.82) is 0 Å². The molecule has 0 atom stereocenters. The van der Waals surface area contributed by atoms with Gasteiger partial charge in [-0.1, -0.05) is 36.4 Å². The van der Waals surface area contributed by atoms with E-state index in [0.29, 0.717) is 25.5 Å². The second-order valence-electron chi connectivity index (χ2n) is 6.24. The smallest absolute Gasteiger partial charge is 0.222 e. The van der Waals surface area contributed by atoms with Crippen LogP contribution in [-0.2, 0) is 24.2 Å². The van der Waals surface area contributed by atoms with Gasteiger partial charge < -0.3 is 16.4 Å². The first-order chi connectivity index (χ1) is 12.2. The van der Waals surface area contributed by atoms with Crippen molar-refractivity contribution in [3.8, 4) is 0 Å². The summed E-state index contributed by atoms with van der Waals surface area (Å²) in [5.41, 5.74) is 10.8. The lowest BCUT2D eigenvalue weighted by atomic mass is 10.1. The number of rotatable bonds is 6. The predicted molar refractivity (Wildman–Crippen MR) is 117 cm³/mol. The van der Waals surface area contributed by atoms with Gasteiger partial charge in [0.15, 0.2) is 5.96 Å². The van der Waals surface area contributed by atoms with Crippen LogP contribution in [0.15, 0.2) is 53.5 Å². The number of nitrogens with one attached hydrogen (secondary N) is 2. The highest BCUT2D eigenvalue weighted by molar-refractivity contribution is 14.0. The Morgan fingerprint density at radius 1 is 1.08 bits per heavy atom. The second-order valence-corrected chi connectivity index (χ2v) is 6.24. The minimum absolute atomic E-state index is 0. The second kappa shape index (κ2) is 10.2. The number of anilines is 1. The largest absolute Gasteiger partial charge is 0.370 e. The van der Waals surface area contributed by atoms with Gasteiger partial charge in [0.05, 0.1) is 6.54 Å². The molecule has 0 spiro atoms. The van der Waals surface area contributed by atoms with Crippen LogP contribution in [0, 0.1) is 0 Å². The Bertz CT molecular complexity index is 762. The molecule has 0 bridgehead atoms. The average molecular weight is 464 g/mol. The van der Waals surface area contributed by atoms with Crippen molar-refractivity contribution in [3.63, 3.8) is 0 Å². The molecule has 0 aliphatic heterocycles. The van der Waals surface area contributed by atoms with Crippen LogP contribution in [-0.4, -0.2) is 18.4 Å². The van der Waals surface area contributed by atoms with Crippen LogP contribution in [0.5, 0.6) is 0 Å². The number of amides is 1. The zero-order valence-corrected chi connectivity index (χ0v) is 17.0. The number of hydrogen-bond donors (Lipinski definition) is 3. The number of aryl methyl sites for hydroxylation is 2. The van der Waals surface area contributed by atoms with E-state index in [1.54, 1.807) is 0 Å². The van der Waals surface area contributed by atoms with E-state index < -0.39 is 0 Å². The molecule has 0 aromatic heterocycles. The maximum Gasteiger partial charge on any atom is 0.222 e. The first-order valence-corrected chi connectivity index (χ1v) is 8.70. The maximum absolute atomic E-state index is 11.8. The van der Waals surface area contributed by atoms with Crippen molar-refractivity contribution < 1.29 is 4.79 Å². The van der Waals surface area contributed by atoms with Crippen LogP contribution in [0.4, 0.5) is 5.69 Å². The Kier molecular flexibility index (Phi) is 7.90. The minimum atomic E-state index is -0.0297. The molecule has 1 aliphatic rings. The number of guanidine groups is 1. The van der Waals surface area contributed by atoms with E-state index in [1.165, 1.54) is 17.5 Å². The highest BCUT2D eigenvalue weighted by Gasteiger charge is 2.10. The van der Waals surface area contributed by atoms with Gasteiger partial charge in [-0.05, 0) is 48.1 Å². The lowest BCUT2D eigenvalue weighted by Crippen LogP contribution is -2.25. The summed E-state index contributed by atoms with van der Waals surface area (Å²) in [4.78, 5) is 16.1. The summed E-state index contributed by atoms with van der Waals surface area (Å²) in [5, 5.41) is 5.98. The number of nitrogens with two attached hydrogens (primary N) is 1. The van der Waals surface area contributed by atoms with E-state index in [1.807, 2.05) is 36.4 Å². The monoisotopic (exact) mass is 464 g/mol. The SMILES string of the molecule is I.NC(=NCCC(=O)NCc1ccccc1)Nc1ccc2c(c1)CCC2. The highest BCUT2D eigenvalue weighted by Crippen LogP contribution is 2.24. The molecule has 0 heterocycles. The quantitative estimate of drug-likeness (QED) is 0.349. The number of nitrogens with zero attached hydrogens (tertiary/aromatic N) is 1. The fourth-order valence-electron chi connectivity index (χ4n) is 3.00. The van der Waals surface area contributed by atoms with Gasteiger partial charge in [-0.2, -0.15) is 0 Å². The molecule has 1 aliphatic carbocycles. The van der Waals surface area contributed by atoms with E-state index in [9.17, 15) is 4.79 Å². The van der Waals surface area contributed by atoms with Gasteiger partial charge in [0.25, 0.3) is 0 Å². The Hall–Kier alpha value is -2.09. The molecule has 2 aromatic rings. The number of benzene rings is 2. The molecule has 0 fully saturated rings. The van der Waals surface area contributed by atoms with Gasteiger partial charge in [-0.25, -0.2) is 0 Å². The molecule has 0 unspecified atom stereocenters. The van der Waals surface area contributed by atoms with Crippen molar-refractivity contribution >= 4 is 41.5 Å². The molecule has 5 nitrogen and oxygen atoms in total. The fraction of sp³-hybridized carbons (Fsp3) is 0.300. The number of carbonyl (C=O) groups is 1. The van der Waals surface area contributed by atoms with E-state index >= 15 is 0 Å². The molecule has 2 aromatic carbocycles. The van der Waals surface area contributed by atoms with Crippen LogP contribution in [0.2, 0.25) is 0 Å². The summed E-state index contributed by atoms with van der Waals surface area (Å²) in [5.74, 6) is 0.312. The molecular formula is C20H25IN4O. The summed E-state index contributed by atoms with van der Waals surface area (Å²) < 4.78 is 0. The Labute approximate surface area is 171 Å². The van der Waals surface area contributed by atoms with Gasteiger partial charge in [-0.15, -0.1) is 24.0 Å². The number of carbonyl (C=O) groups excluding carboxylic acids is 1. The molecular weight excluding hydrogens is 439 g/mol. The van der Waals surface area contributed by atoms with Gasteiger partial charge in [0, 0.05) is 18.7 Å². The number of hydrogen-bond acceptors (Lipinski definition) is 2. The van der Waals surface area contributed by atoms with Crippen LogP contribution in [0.3, 0.4) is 0 Å². The van der Waals surface area contributed by atoms with Crippen molar-refractivity contribution in [3.05, 3.63) is 65.2 Å². The zero-order chi connectivity index (χ0) is 17.5. The summed E-state index contributed by atoms with van der Waals surface area (Å²) in [7, 11) is 0. The van der Waals surface area contributed by atoms with E-state index in [0.717, 1.165) is 24.1 Å². The lowest BCUT2D eigenvalue weighted by molar-refractivity contribution is -0.121. The molecule has 138 valence electrons. The van der Waals surface area contributed by atoms with Crippen molar-refractivity contribution in [2.45, 2.75) is 32.2 Å². The first kappa shape index (κ1) is 20.2. The van der Waals surface area contributed by atoms with Crippen LogP contribution < -0.4 is 16.4 Å². The third-order valence-electron chi connectivity index (χ3n) is 4.32. The van der Waals surface area contributed by atoms with Gasteiger partial charge in [0.1, 0.15) is 0 Å². The third-order valence-corrected chi connectivity index (χ3v) is 4.32. The predicted octanol–water partition coefficient (Wildman–Crippen LogP) is 3.23. The molecule has 0 radical (unpaired) electrons. The third kappa shape index (κ3) is 6.01. The Morgan fingerprint density at radius 3 is 2.65 bits per heavy atom. The van der Waals surface area contributed by atoms with Crippen molar-refractivity contribution in [2.75, 3.05) is 11.9 Å². The van der Waals surface area contributed by atoms with Crippen molar-refractivity contribution in [2.24, 2.45) is 10.7 Å². The molecule has 3 rings (SSSR count). The summed E-state index contributed by atoms with van der Waals surface area (Å²) in [6.07, 6.45) is 3.83. The molecule has 1 amide bonds. The number of halogens is 1. The van der Waals surface area contributed by atoms with Crippen molar-refractivity contribution in [1.82, 2.24) is 5.32 Å². The van der Waals surface area contributed by atoms with Crippen LogP contribution in [0.1, 0.15) is 29.5 Å². The molecule has 0 saturated heterocycles. The average Bonchev–Trinajstić information content (AvgIpc) is 3.08. The number of fused-ring (bicyclic) bond motifs is 1. The van der Waals surface area contributed by atoms with Gasteiger partial charge >= 0.3 is 0 Å². The Balaban J connectivity index is 0.00000243. The standard InChI is InChI=1S/C20H24N4O.HI/c21-20(24-18-10-9-16-7-4-8-17(16)13-18)22-12-11-19(25)23-14-15-5-2-1-3-6-15;/h1-3,5-6,9-10,13H,4,7-8,11-12,14H2,(H,23,25)(H3,21,22,24);1H. The summed E-state index contributed by atoms with van der Waals surface area (Å²) in [6.45, 7) is 0.899. The Morgan fingerprint density at radius 2 is 1.85 bits per heavy atom.